The summed E-state index contributed by atoms with van der Waals surface area (Å²) in [6.45, 7) is 9.26. The van der Waals surface area contributed by atoms with Gasteiger partial charge in [0.05, 0.1) is 0 Å². The number of nitrogens with two attached hydrogens (primary N) is 1. The van der Waals surface area contributed by atoms with E-state index >= 15 is 0 Å². The molecule has 0 amide bonds. The smallest absolute Gasteiger partial charge is 0.0233 e. The van der Waals surface area contributed by atoms with Gasteiger partial charge in [-0.3, -0.25) is 0 Å². The van der Waals surface area contributed by atoms with Gasteiger partial charge in [0.1, 0.15) is 0 Å². The van der Waals surface area contributed by atoms with Gasteiger partial charge < -0.3 is 5.73 Å². The first-order valence-corrected chi connectivity index (χ1v) is 5.65. The molecule has 1 aromatic rings. The summed E-state index contributed by atoms with van der Waals surface area (Å²) in [6.07, 6.45) is 0. The van der Waals surface area contributed by atoms with Gasteiger partial charge in [0.2, 0.25) is 0 Å². The lowest BCUT2D eigenvalue weighted by molar-refractivity contribution is 0.538. The molecule has 0 fully saturated rings. The summed E-state index contributed by atoms with van der Waals surface area (Å²) < 4.78 is 1.20. The summed E-state index contributed by atoms with van der Waals surface area (Å²) in [6, 6.07) is 4.42. The Morgan fingerprint density at radius 3 is 2.00 bits per heavy atom. The molecule has 1 nitrogen and oxygen atoms in total. The molecule has 0 atom stereocenters. The average molecular weight is 256 g/mol. The van der Waals surface area contributed by atoms with Gasteiger partial charge in [-0.25, -0.2) is 0 Å². The third-order valence-electron chi connectivity index (χ3n) is 2.73. The second kappa shape index (κ2) is 4.03. The highest BCUT2D eigenvalue weighted by atomic mass is 79.9. The fraction of sp³-hybridized carbons (Fsp3) is 0.500. The molecule has 14 heavy (non-hydrogen) atoms. The van der Waals surface area contributed by atoms with Gasteiger partial charge in [-0.2, -0.15) is 0 Å². The van der Waals surface area contributed by atoms with E-state index in [1.807, 2.05) is 0 Å². The minimum Gasteiger partial charge on any atom is -0.330 e. The molecule has 0 radical (unpaired) electrons. The molecule has 0 unspecified atom stereocenters. The van der Waals surface area contributed by atoms with Crippen molar-refractivity contribution in [2.45, 2.75) is 33.1 Å². The topological polar surface area (TPSA) is 26.0 Å². The maximum Gasteiger partial charge on any atom is 0.0233 e. The lowest BCUT2D eigenvalue weighted by atomic mass is 9.83. The van der Waals surface area contributed by atoms with Crippen LogP contribution in [0.15, 0.2) is 16.6 Å². The Labute approximate surface area is 94.8 Å². The molecule has 0 saturated carbocycles. The summed E-state index contributed by atoms with van der Waals surface area (Å²) in [7, 11) is 0. The predicted octanol–water partition coefficient (Wildman–Crippen LogP) is 3.30. The number of hydrogen-bond donors (Lipinski definition) is 1. The van der Waals surface area contributed by atoms with E-state index < -0.39 is 0 Å². The van der Waals surface area contributed by atoms with Gasteiger partial charge in [-0.15, -0.1) is 0 Å². The summed E-state index contributed by atoms with van der Waals surface area (Å²) in [5.74, 6) is 0. The molecular formula is C12H18BrN. The fourth-order valence-corrected chi connectivity index (χ4v) is 1.68. The van der Waals surface area contributed by atoms with Crippen LogP contribution in [0.5, 0.6) is 0 Å². The van der Waals surface area contributed by atoms with Crippen molar-refractivity contribution in [2.24, 2.45) is 5.73 Å². The fourth-order valence-electron chi connectivity index (χ4n) is 1.45. The maximum absolute atomic E-state index is 5.76. The highest BCUT2D eigenvalue weighted by Gasteiger charge is 2.19. The molecule has 78 valence electrons. The molecule has 0 aromatic heterocycles. The van der Waals surface area contributed by atoms with Crippen molar-refractivity contribution in [1.29, 1.82) is 0 Å². The third-order valence-corrected chi connectivity index (χ3v) is 3.98. The zero-order valence-electron chi connectivity index (χ0n) is 9.32. The van der Waals surface area contributed by atoms with Crippen LogP contribution in [0, 0.1) is 13.8 Å². The lowest BCUT2D eigenvalue weighted by Gasteiger charge is -2.24. The molecule has 0 aliphatic heterocycles. The van der Waals surface area contributed by atoms with Crippen LogP contribution in [0.1, 0.15) is 30.5 Å². The Kier molecular flexibility index (Phi) is 3.38. The van der Waals surface area contributed by atoms with Crippen molar-refractivity contribution < 1.29 is 0 Å². The maximum atomic E-state index is 5.76. The summed E-state index contributed by atoms with van der Waals surface area (Å²) >= 11 is 3.57. The third kappa shape index (κ3) is 2.18. The van der Waals surface area contributed by atoms with Crippen LogP contribution in [0.3, 0.4) is 0 Å². The molecule has 1 rings (SSSR count). The van der Waals surface area contributed by atoms with Crippen LogP contribution in [0.4, 0.5) is 0 Å². The second-order valence-corrected chi connectivity index (χ2v) is 5.31. The Hall–Kier alpha value is -0.340. The van der Waals surface area contributed by atoms with Gasteiger partial charge in [0.15, 0.2) is 0 Å². The van der Waals surface area contributed by atoms with E-state index in [1.54, 1.807) is 0 Å². The lowest BCUT2D eigenvalue weighted by Crippen LogP contribution is -2.28. The monoisotopic (exact) mass is 255 g/mol. The molecule has 2 heteroatoms. The molecule has 0 saturated heterocycles. The molecule has 0 aliphatic rings. The molecular weight excluding hydrogens is 238 g/mol. The van der Waals surface area contributed by atoms with E-state index in [0.29, 0.717) is 6.54 Å². The van der Waals surface area contributed by atoms with Crippen molar-refractivity contribution in [3.05, 3.63) is 33.3 Å². The zero-order chi connectivity index (χ0) is 10.9. The van der Waals surface area contributed by atoms with E-state index in [4.69, 9.17) is 5.73 Å². The molecule has 0 heterocycles. The first-order valence-electron chi connectivity index (χ1n) is 4.86. The molecule has 0 aliphatic carbocycles. The van der Waals surface area contributed by atoms with Crippen molar-refractivity contribution in [1.82, 2.24) is 0 Å². The minimum atomic E-state index is 0.0657. The first-order chi connectivity index (χ1) is 6.38. The minimum absolute atomic E-state index is 0.0657. The number of benzene rings is 1. The quantitative estimate of drug-likeness (QED) is 0.863. The van der Waals surface area contributed by atoms with Crippen LogP contribution in [0.25, 0.3) is 0 Å². The Bertz CT molecular complexity index is 319. The van der Waals surface area contributed by atoms with Gasteiger partial charge in [0.25, 0.3) is 0 Å². The summed E-state index contributed by atoms with van der Waals surface area (Å²) in [5.41, 5.74) is 9.71. The van der Waals surface area contributed by atoms with E-state index in [2.05, 4.69) is 55.8 Å². The zero-order valence-corrected chi connectivity index (χ0v) is 10.9. The van der Waals surface area contributed by atoms with Gasteiger partial charge in [0, 0.05) is 16.4 Å². The number of aryl methyl sites for hydroxylation is 2. The Morgan fingerprint density at radius 1 is 1.21 bits per heavy atom. The van der Waals surface area contributed by atoms with Crippen molar-refractivity contribution in [3.63, 3.8) is 0 Å². The standard InChI is InChI=1S/C12H18BrN/c1-8-5-10(12(3,4)7-14)6-9(2)11(8)13/h5-6H,7,14H2,1-4H3. The van der Waals surface area contributed by atoms with Crippen molar-refractivity contribution >= 4 is 15.9 Å². The van der Waals surface area contributed by atoms with Gasteiger partial charge in [-0.05, 0) is 30.5 Å². The van der Waals surface area contributed by atoms with E-state index in [0.717, 1.165) is 0 Å². The van der Waals surface area contributed by atoms with Gasteiger partial charge >= 0.3 is 0 Å². The van der Waals surface area contributed by atoms with Crippen LogP contribution < -0.4 is 5.73 Å². The van der Waals surface area contributed by atoms with E-state index in [-0.39, 0.29) is 5.41 Å². The van der Waals surface area contributed by atoms with E-state index in [1.165, 1.54) is 21.2 Å². The molecule has 0 bridgehead atoms. The predicted molar refractivity (Wildman–Crippen MR) is 65.7 cm³/mol. The highest BCUT2D eigenvalue weighted by Crippen LogP contribution is 2.29. The van der Waals surface area contributed by atoms with Crippen molar-refractivity contribution in [2.75, 3.05) is 6.54 Å². The molecule has 1 aromatic carbocycles. The van der Waals surface area contributed by atoms with Crippen LogP contribution >= 0.6 is 15.9 Å². The average Bonchev–Trinajstić information content (AvgIpc) is 2.13. The van der Waals surface area contributed by atoms with Crippen LogP contribution in [-0.2, 0) is 5.41 Å². The van der Waals surface area contributed by atoms with E-state index in [9.17, 15) is 0 Å². The second-order valence-electron chi connectivity index (χ2n) is 4.51. The number of halogens is 1. The molecule has 0 spiro atoms. The summed E-state index contributed by atoms with van der Waals surface area (Å²) in [5, 5.41) is 0. The Balaban J connectivity index is 3.26. The first kappa shape index (κ1) is 11.7. The Morgan fingerprint density at radius 2 is 1.64 bits per heavy atom. The van der Waals surface area contributed by atoms with Gasteiger partial charge in [-0.1, -0.05) is 41.9 Å². The summed E-state index contributed by atoms with van der Waals surface area (Å²) in [4.78, 5) is 0. The number of hydrogen-bond acceptors (Lipinski definition) is 1. The normalized spacial score (nSPS) is 11.9. The number of rotatable bonds is 2. The van der Waals surface area contributed by atoms with Crippen LogP contribution in [0.2, 0.25) is 0 Å². The van der Waals surface area contributed by atoms with Crippen molar-refractivity contribution in [3.8, 4) is 0 Å². The molecule has 2 N–H and O–H groups in total. The SMILES string of the molecule is Cc1cc(C(C)(C)CN)cc(C)c1Br. The largest absolute Gasteiger partial charge is 0.330 e. The van der Waals surface area contributed by atoms with Crippen LogP contribution in [-0.4, -0.2) is 6.54 Å². The highest BCUT2D eigenvalue weighted by molar-refractivity contribution is 9.10.